The van der Waals surface area contributed by atoms with E-state index in [1.54, 1.807) is 0 Å². The molecule has 2 aromatic heterocycles. The van der Waals surface area contributed by atoms with Gasteiger partial charge in [-0.25, -0.2) is 0 Å². The van der Waals surface area contributed by atoms with Gasteiger partial charge in [-0.2, -0.15) is 0 Å². The minimum atomic E-state index is -0.166. The van der Waals surface area contributed by atoms with Crippen LogP contribution in [0.1, 0.15) is 22.6 Å². The predicted octanol–water partition coefficient (Wildman–Crippen LogP) is 5.80. The molecule has 0 N–H and O–H groups in total. The number of fused-ring (bicyclic) bond motifs is 1. The number of carbonyl (C=O) groups excluding carboxylic acids is 1. The summed E-state index contributed by atoms with van der Waals surface area (Å²) >= 11 is 0. The van der Waals surface area contributed by atoms with E-state index in [9.17, 15) is 4.79 Å². The molecule has 0 amide bonds. The van der Waals surface area contributed by atoms with Crippen LogP contribution in [0, 0.1) is 6.92 Å². The summed E-state index contributed by atoms with van der Waals surface area (Å²) in [7, 11) is 0. The maximum absolute atomic E-state index is 11.6. The lowest BCUT2D eigenvalue weighted by molar-refractivity contribution is -0.105. The van der Waals surface area contributed by atoms with Gasteiger partial charge in [0.05, 0.1) is 5.69 Å². The van der Waals surface area contributed by atoms with Gasteiger partial charge in [0.1, 0.15) is 6.29 Å². The molecule has 0 bridgehead atoms. The molecule has 4 rings (SSSR count). The number of hydrogen-bond donors (Lipinski definition) is 0. The molecule has 2 heteroatoms. The van der Waals surface area contributed by atoms with Crippen molar-refractivity contribution in [2.24, 2.45) is 0 Å². The number of pyridine rings is 1. The standard InChI is InChI=1S/C25H21NO/c1-18-11-13-20(14-12-18)24-16-22(23-10-6-7-15-26(23)24)25(19(2)17-27)21-8-4-3-5-9-21/h3-17,25H,2H2,1H3. The van der Waals surface area contributed by atoms with Crippen molar-refractivity contribution in [3.05, 3.63) is 114 Å². The number of aromatic nitrogens is 1. The smallest absolute Gasteiger partial charge is 0.146 e. The van der Waals surface area contributed by atoms with Gasteiger partial charge in [0.15, 0.2) is 0 Å². The second-order valence-corrected chi connectivity index (χ2v) is 6.84. The molecule has 0 saturated carbocycles. The first-order valence-electron chi connectivity index (χ1n) is 9.05. The van der Waals surface area contributed by atoms with E-state index in [1.807, 2.05) is 30.3 Å². The van der Waals surface area contributed by atoms with Crippen molar-refractivity contribution < 1.29 is 4.79 Å². The lowest BCUT2D eigenvalue weighted by atomic mass is 9.86. The number of aldehydes is 1. The SMILES string of the molecule is C=C(C=O)C(c1ccccc1)c1cc(-c2ccc(C)cc2)n2ccccc12. The van der Waals surface area contributed by atoms with Crippen molar-refractivity contribution >= 4 is 11.8 Å². The first-order valence-corrected chi connectivity index (χ1v) is 9.05. The van der Waals surface area contributed by atoms with E-state index in [0.29, 0.717) is 5.57 Å². The number of hydrogen-bond acceptors (Lipinski definition) is 1. The fourth-order valence-electron chi connectivity index (χ4n) is 3.66. The Bertz CT molecular complexity index is 1100. The van der Waals surface area contributed by atoms with E-state index in [1.165, 1.54) is 5.56 Å². The maximum Gasteiger partial charge on any atom is 0.146 e. The highest BCUT2D eigenvalue weighted by Crippen LogP contribution is 2.37. The van der Waals surface area contributed by atoms with Gasteiger partial charge in [0, 0.05) is 17.6 Å². The minimum Gasteiger partial charge on any atom is -0.316 e. The van der Waals surface area contributed by atoms with Crippen LogP contribution in [0.4, 0.5) is 0 Å². The predicted molar refractivity (Wildman–Crippen MR) is 111 cm³/mol. The van der Waals surface area contributed by atoms with Gasteiger partial charge in [-0.3, -0.25) is 4.79 Å². The summed E-state index contributed by atoms with van der Waals surface area (Å²) in [5.74, 6) is -0.166. The summed E-state index contributed by atoms with van der Waals surface area (Å²) in [6.45, 7) is 6.14. The Morgan fingerprint density at radius 1 is 0.963 bits per heavy atom. The van der Waals surface area contributed by atoms with Gasteiger partial charge in [0.25, 0.3) is 0 Å². The van der Waals surface area contributed by atoms with Gasteiger partial charge in [-0.1, -0.05) is 72.8 Å². The molecule has 0 spiro atoms. The molecule has 4 aromatic rings. The maximum atomic E-state index is 11.6. The molecule has 0 radical (unpaired) electrons. The highest BCUT2D eigenvalue weighted by atomic mass is 16.1. The molecule has 1 atom stereocenters. The van der Waals surface area contributed by atoms with E-state index in [2.05, 4.69) is 72.6 Å². The normalized spacial score (nSPS) is 12.0. The summed E-state index contributed by atoms with van der Waals surface area (Å²) in [4.78, 5) is 11.6. The third-order valence-electron chi connectivity index (χ3n) is 5.02. The van der Waals surface area contributed by atoms with Crippen molar-refractivity contribution in [2.45, 2.75) is 12.8 Å². The molecular formula is C25H21NO. The lowest BCUT2D eigenvalue weighted by Crippen LogP contribution is -2.04. The van der Waals surface area contributed by atoms with E-state index < -0.39 is 0 Å². The molecule has 132 valence electrons. The zero-order valence-corrected chi connectivity index (χ0v) is 15.3. The number of allylic oxidation sites excluding steroid dienone is 1. The van der Waals surface area contributed by atoms with Gasteiger partial charge in [0.2, 0.25) is 0 Å². The van der Waals surface area contributed by atoms with Crippen molar-refractivity contribution in [2.75, 3.05) is 0 Å². The molecule has 0 aliphatic rings. The third kappa shape index (κ3) is 3.11. The Morgan fingerprint density at radius 3 is 2.37 bits per heavy atom. The monoisotopic (exact) mass is 351 g/mol. The van der Waals surface area contributed by atoms with Crippen LogP contribution < -0.4 is 0 Å². The molecule has 0 aliphatic carbocycles. The summed E-state index contributed by atoms with van der Waals surface area (Å²) in [5, 5.41) is 0. The summed E-state index contributed by atoms with van der Waals surface area (Å²) < 4.78 is 2.19. The molecule has 1 unspecified atom stereocenters. The van der Waals surface area contributed by atoms with Crippen molar-refractivity contribution in [3.63, 3.8) is 0 Å². The van der Waals surface area contributed by atoms with Crippen LogP contribution in [-0.4, -0.2) is 10.7 Å². The van der Waals surface area contributed by atoms with Crippen LogP contribution >= 0.6 is 0 Å². The Balaban J connectivity index is 1.97. The largest absolute Gasteiger partial charge is 0.316 e. The Morgan fingerprint density at radius 2 is 1.67 bits per heavy atom. The molecule has 27 heavy (non-hydrogen) atoms. The number of benzene rings is 2. The van der Waals surface area contributed by atoms with Crippen molar-refractivity contribution in [1.29, 1.82) is 0 Å². The molecular weight excluding hydrogens is 330 g/mol. The second-order valence-electron chi connectivity index (χ2n) is 6.84. The zero-order chi connectivity index (χ0) is 18.8. The summed E-state index contributed by atoms with van der Waals surface area (Å²) in [6, 6.07) is 27.0. The van der Waals surface area contributed by atoms with Crippen LogP contribution in [0.5, 0.6) is 0 Å². The topological polar surface area (TPSA) is 21.5 Å². The van der Waals surface area contributed by atoms with Crippen molar-refractivity contribution in [1.82, 2.24) is 4.40 Å². The van der Waals surface area contributed by atoms with E-state index >= 15 is 0 Å². The summed E-state index contributed by atoms with van der Waals surface area (Å²) in [6.07, 6.45) is 2.94. The Labute approximate surface area is 159 Å². The highest BCUT2D eigenvalue weighted by molar-refractivity contribution is 5.81. The van der Waals surface area contributed by atoms with Gasteiger partial charge in [-0.05, 0) is 47.4 Å². The molecule has 2 aromatic carbocycles. The van der Waals surface area contributed by atoms with E-state index in [4.69, 9.17) is 0 Å². The van der Waals surface area contributed by atoms with Crippen LogP contribution in [0.3, 0.4) is 0 Å². The Hall–Kier alpha value is -3.39. The first kappa shape index (κ1) is 17.0. The van der Waals surface area contributed by atoms with Crippen LogP contribution in [-0.2, 0) is 4.79 Å². The number of nitrogens with zero attached hydrogens (tertiary/aromatic N) is 1. The van der Waals surface area contributed by atoms with Crippen molar-refractivity contribution in [3.8, 4) is 11.3 Å². The van der Waals surface area contributed by atoms with E-state index in [0.717, 1.165) is 34.2 Å². The minimum absolute atomic E-state index is 0.166. The quantitative estimate of drug-likeness (QED) is 0.329. The fourth-order valence-corrected chi connectivity index (χ4v) is 3.66. The average molecular weight is 351 g/mol. The van der Waals surface area contributed by atoms with E-state index in [-0.39, 0.29) is 5.92 Å². The molecule has 2 nitrogen and oxygen atoms in total. The number of rotatable bonds is 5. The second kappa shape index (κ2) is 7.08. The van der Waals surface area contributed by atoms with Gasteiger partial charge in [-0.15, -0.1) is 0 Å². The molecule has 0 aliphatic heterocycles. The highest BCUT2D eigenvalue weighted by Gasteiger charge is 2.22. The number of carbonyl (C=O) groups is 1. The average Bonchev–Trinajstić information content (AvgIpc) is 3.09. The van der Waals surface area contributed by atoms with Crippen LogP contribution in [0.15, 0.2) is 97.2 Å². The molecule has 2 heterocycles. The molecule has 0 fully saturated rings. The summed E-state index contributed by atoms with van der Waals surface area (Å²) in [5.41, 5.74) is 7.31. The van der Waals surface area contributed by atoms with Crippen LogP contribution in [0.25, 0.3) is 16.8 Å². The lowest BCUT2D eigenvalue weighted by Gasteiger charge is -2.16. The third-order valence-corrected chi connectivity index (χ3v) is 5.02. The molecule has 0 saturated heterocycles. The van der Waals surface area contributed by atoms with Crippen LogP contribution in [0.2, 0.25) is 0 Å². The Kier molecular flexibility index (Phi) is 4.47. The number of aryl methyl sites for hydroxylation is 1. The zero-order valence-electron chi connectivity index (χ0n) is 15.3. The first-order chi connectivity index (χ1) is 13.2. The fraction of sp³-hybridized carbons (Fsp3) is 0.0800. The van der Waals surface area contributed by atoms with Gasteiger partial charge < -0.3 is 4.40 Å². The van der Waals surface area contributed by atoms with Gasteiger partial charge >= 0.3 is 0 Å².